The number of benzene rings is 1. The zero-order valence-corrected chi connectivity index (χ0v) is 11.8. The van der Waals surface area contributed by atoms with Gasteiger partial charge in [0.1, 0.15) is 5.75 Å². The number of carbonyl (C=O) groups excluding carboxylic acids is 2. The van der Waals surface area contributed by atoms with Crippen molar-refractivity contribution in [2.75, 3.05) is 6.61 Å². The van der Waals surface area contributed by atoms with E-state index in [1.807, 2.05) is 0 Å². The third-order valence-corrected chi connectivity index (χ3v) is 3.02. The van der Waals surface area contributed by atoms with Gasteiger partial charge in [0, 0.05) is 0 Å². The van der Waals surface area contributed by atoms with Crippen LogP contribution in [0.1, 0.15) is 31.1 Å². The Balaban J connectivity index is 2.64. The molecule has 0 saturated heterocycles. The van der Waals surface area contributed by atoms with Crippen LogP contribution in [-0.4, -0.2) is 35.2 Å². The van der Waals surface area contributed by atoms with Crippen molar-refractivity contribution in [2.24, 2.45) is 5.73 Å². The summed E-state index contributed by atoms with van der Waals surface area (Å²) in [5, 5.41) is 12.2. The summed E-state index contributed by atoms with van der Waals surface area (Å²) >= 11 is 0. The molecule has 6 heteroatoms. The first-order valence-corrected chi connectivity index (χ1v) is 6.24. The second-order valence-electron chi connectivity index (χ2n) is 5.09. The summed E-state index contributed by atoms with van der Waals surface area (Å²) < 4.78 is 5.29. The van der Waals surface area contributed by atoms with Crippen LogP contribution in [0.25, 0.3) is 0 Å². The summed E-state index contributed by atoms with van der Waals surface area (Å²) in [6, 6.07) is 6.42. The van der Waals surface area contributed by atoms with Crippen molar-refractivity contribution < 1.29 is 19.4 Å². The van der Waals surface area contributed by atoms with Gasteiger partial charge < -0.3 is 20.9 Å². The molecule has 1 unspecified atom stereocenters. The smallest absolute Gasteiger partial charge is 0.258 e. The predicted octanol–water partition coefficient (Wildman–Crippen LogP) is 0.440. The van der Waals surface area contributed by atoms with Gasteiger partial charge in [-0.15, -0.1) is 0 Å². The van der Waals surface area contributed by atoms with E-state index in [2.05, 4.69) is 5.32 Å². The maximum Gasteiger partial charge on any atom is 0.258 e. The van der Waals surface area contributed by atoms with Crippen LogP contribution in [0.4, 0.5) is 0 Å². The first-order chi connectivity index (χ1) is 9.24. The van der Waals surface area contributed by atoms with E-state index < -0.39 is 23.5 Å². The van der Waals surface area contributed by atoms with Gasteiger partial charge in [0.05, 0.1) is 17.2 Å². The van der Waals surface area contributed by atoms with Gasteiger partial charge in [-0.1, -0.05) is 12.1 Å². The monoisotopic (exact) mass is 280 g/mol. The van der Waals surface area contributed by atoms with Crippen LogP contribution < -0.4 is 15.8 Å². The number of nitrogens with one attached hydrogen (secondary N) is 1. The molecule has 2 amide bonds. The molecule has 0 aromatic heterocycles. The van der Waals surface area contributed by atoms with Crippen molar-refractivity contribution in [2.45, 2.75) is 32.4 Å². The van der Waals surface area contributed by atoms with Crippen LogP contribution in [0.2, 0.25) is 0 Å². The number of nitrogens with two attached hydrogens (primary N) is 1. The molecular weight excluding hydrogens is 260 g/mol. The van der Waals surface area contributed by atoms with Crippen LogP contribution in [-0.2, 0) is 4.79 Å². The third-order valence-electron chi connectivity index (χ3n) is 3.02. The standard InChI is InChI=1S/C14H20N2O4/c1-9(17)14(2,3)16-12(18)8-20-11-7-5-4-6-10(11)13(15)19/h4-7,9,17H,8H2,1-3H3,(H2,15,19)(H,16,18). The van der Waals surface area contributed by atoms with Crippen molar-refractivity contribution in [1.82, 2.24) is 5.32 Å². The second kappa shape index (κ2) is 6.38. The minimum Gasteiger partial charge on any atom is -0.483 e. The van der Waals surface area contributed by atoms with Gasteiger partial charge in [-0.2, -0.15) is 0 Å². The van der Waals surface area contributed by atoms with E-state index >= 15 is 0 Å². The van der Waals surface area contributed by atoms with Crippen molar-refractivity contribution >= 4 is 11.8 Å². The lowest BCUT2D eigenvalue weighted by atomic mass is 9.99. The Morgan fingerprint density at radius 3 is 2.55 bits per heavy atom. The Labute approximate surface area is 117 Å². The fourth-order valence-electron chi connectivity index (χ4n) is 1.44. The van der Waals surface area contributed by atoms with Crippen molar-refractivity contribution in [3.05, 3.63) is 29.8 Å². The lowest BCUT2D eigenvalue weighted by molar-refractivity contribution is -0.126. The molecule has 0 radical (unpaired) electrons. The average Bonchev–Trinajstić information content (AvgIpc) is 2.35. The van der Waals surface area contributed by atoms with Crippen LogP contribution in [0.3, 0.4) is 0 Å². The Kier molecular flexibility index (Phi) is 5.10. The highest BCUT2D eigenvalue weighted by molar-refractivity contribution is 5.95. The molecule has 0 bridgehead atoms. The van der Waals surface area contributed by atoms with Crippen LogP contribution in [0.15, 0.2) is 24.3 Å². The summed E-state index contributed by atoms with van der Waals surface area (Å²) in [4.78, 5) is 22.9. The summed E-state index contributed by atoms with van der Waals surface area (Å²) in [7, 11) is 0. The fourth-order valence-corrected chi connectivity index (χ4v) is 1.44. The molecule has 6 nitrogen and oxygen atoms in total. The van der Waals surface area contributed by atoms with Gasteiger partial charge in [-0.25, -0.2) is 0 Å². The van der Waals surface area contributed by atoms with Gasteiger partial charge >= 0.3 is 0 Å². The zero-order valence-electron chi connectivity index (χ0n) is 11.8. The average molecular weight is 280 g/mol. The van der Waals surface area contributed by atoms with Gasteiger partial charge in [0.2, 0.25) is 0 Å². The largest absolute Gasteiger partial charge is 0.483 e. The fraction of sp³-hybridized carbons (Fsp3) is 0.429. The molecule has 1 aromatic carbocycles. The summed E-state index contributed by atoms with van der Waals surface area (Å²) in [6.07, 6.45) is -0.704. The molecule has 0 aliphatic carbocycles. The molecular formula is C14H20N2O4. The summed E-state index contributed by atoms with van der Waals surface area (Å²) in [6.45, 7) is 4.73. The van der Waals surface area contributed by atoms with E-state index in [9.17, 15) is 14.7 Å². The quantitative estimate of drug-likeness (QED) is 0.703. The Hall–Kier alpha value is -2.08. The van der Waals surface area contributed by atoms with E-state index in [1.54, 1.807) is 39.0 Å². The molecule has 1 atom stereocenters. The molecule has 0 fully saturated rings. The Morgan fingerprint density at radius 1 is 1.40 bits per heavy atom. The van der Waals surface area contributed by atoms with Gasteiger partial charge in [-0.05, 0) is 32.9 Å². The van der Waals surface area contributed by atoms with E-state index in [4.69, 9.17) is 10.5 Å². The van der Waals surface area contributed by atoms with Crippen LogP contribution in [0.5, 0.6) is 5.75 Å². The van der Waals surface area contributed by atoms with Gasteiger partial charge in [0.25, 0.3) is 11.8 Å². The molecule has 1 aromatic rings. The number of rotatable bonds is 6. The van der Waals surface area contributed by atoms with Gasteiger partial charge in [0.15, 0.2) is 6.61 Å². The highest BCUT2D eigenvalue weighted by Crippen LogP contribution is 2.17. The molecule has 4 N–H and O–H groups in total. The number of amides is 2. The number of carbonyl (C=O) groups is 2. The molecule has 0 spiro atoms. The van der Waals surface area contributed by atoms with Crippen molar-refractivity contribution in [1.29, 1.82) is 0 Å². The molecule has 0 aliphatic rings. The lowest BCUT2D eigenvalue weighted by Gasteiger charge is -2.29. The maximum atomic E-state index is 11.8. The maximum absolute atomic E-state index is 11.8. The molecule has 0 aliphatic heterocycles. The first-order valence-electron chi connectivity index (χ1n) is 6.24. The number of aliphatic hydroxyl groups is 1. The minimum absolute atomic E-state index is 0.218. The molecule has 1 rings (SSSR count). The lowest BCUT2D eigenvalue weighted by Crippen LogP contribution is -2.52. The highest BCUT2D eigenvalue weighted by Gasteiger charge is 2.26. The number of para-hydroxylation sites is 1. The first kappa shape index (κ1) is 16.0. The van der Waals surface area contributed by atoms with Crippen LogP contribution >= 0.6 is 0 Å². The van der Waals surface area contributed by atoms with Crippen LogP contribution in [0, 0.1) is 0 Å². The van der Waals surface area contributed by atoms with E-state index in [1.165, 1.54) is 6.07 Å². The van der Waals surface area contributed by atoms with Gasteiger partial charge in [-0.3, -0.25) is 9.59 Å². The predicted molar refractivity (Wildman–Crippen MR) is 74.4 cm³/mol. The Morgan fingerprint density at radius 2 is 2.00 bits per heavy atom. The molecule has 20 heavy (non-hydrogen) atoms. The number of primary amides is 1. The molecule has 110 valence electrons. The topological polar surface area (TPSA) is 102 Å². The van der Waals surface area contributed by atoms with E-state index in [-0.39, 0.29) is 17.9 Å². The van der Waals surface area contributed by atoms with Crippen molar-refractivity contribution in [3.63, 3.8) is 0 Å². The normalized spacial score (nSPS) is 12.6. The molecule has 0 saturated carbocycles. The summed E-state index contributed by atoms with van der Waals surface area (Å²) in [5.41, 5.74) is 4.67. The number of ether oxygens (including phenoxy) is 1. The molecule has 0 heterocycles. The second-order valence-corrected chi connectivity index (χ2v) is 5.09. The highest BCUT2D eigenvalue weighted by atomic mass is 16.5. The summed E-state index contributed by atoms with van der Waals surface area (Å²) in [5.74, 6) is -0.759. The van der Waals surface area contributed by atoms with Crippen molar-refractivity contribution in [3.8, 4) is 5.75 Å². The SMILES string of the molecule is CC(O)C(C)(C)NC(=O)COc1ccccc1C(N)=O. The van der Waals surface area contributed by atoms with E-state index in [0.717, 1.165) is 0 Å². The number of hydrogen-bond donors (Lipinski definition) is 3. The third kappa shape index (κ3) is 4.24. The zero-order chi connectivity index (χ0) is 15.3. The minimum atomic E-state index is -0.760. The number of hydrogen-bond acceptors (Lipinski definition) is 4. The Bertz CT molecular complexity index is 498. The van der Waals surface area contributed by atoms with E-state index in [0.29, 0.717) is 0 Å². The number of aliphatic hydroxyl groups excluding tert-OH is 1.